The van der Waals surface area contributed by atoms with Gasteiger partial charge in [0.2, 0.25) is 0 Å². The minimum absolute atomic E-state index is 0.760. The van der Waals surface area contributed by atoms with E-state index in [1.165, 1.54) is 56.9 Å². The molecule has 0 heterocycles. The van der Waals surface area contributed by atoms with E-state index in [0.717, 1.165) is 18.5 Å². The van der Waals surface area contributed by atoms with Crippen molar-refractivity contribution in [3.63, 3.8) is 0 Å². The molecule has 1 N–H and O–H groups in total. The van der Waals surface area contributed by atoms with Gasteiger partial charge in [0.1, 0.15) is 0 Å². The van der Waals surface area contributed by atoms with Crippen molar-refractivity contribution < 1.29 is 0 Å². The van der Waals surface area contributed by atoms with Gasteiger partial charge in [-0.15, -0.1) is 0 Å². The Labute approximate surface area is 111 Å². The van der Waals surface area contributed by atoms with Gasteiger partial charge in [-0.1, -0.05) is 49.9 Å². The lowest BCUT2D eigenvalue weighted by Crippen LogP contribution is -2.27. The van der Waals surface area contributed by atoms with Crippen LogP contribution in [0.3, 0.4) is 0 Å². The minimum atomic E-state index is 0.760. The van der Waals surface area contributed by atoms with E-state index in [1.54, 1.807) is 5.56 Å². The summed E-state index contributed by atoms with van der Waals surface area (Å²) in [5.41, 5.74) is 3.00. The summed E-state index contributed by atoms with van der Waals surface area (Å²) in [5.74, 6) is 0.883. The molecule has 0 saturated heterocycles. The predicted molar refractivity (Wildman–Crippen MR) is 76.7 cm³/mol. The normalized spacial score (nSPS) is 21.8. The second kappa shape index (κ2) is 5.88. The highest BCUT2D eigenvalue weighted by atomic mass is 14.9. The monoisotopic (exact) mass is 243 g/mol. The van der Waals surface area contributed by atoms with E-state index >= 15 is 0 Å². The van der Waals surface area contributed by atoms with E-state index in [4.69, 9.17) is 0 Å². The Bertz CT molecular complexity index is 356. The summed E-state index contributed by atoms with van der Waals surface area (Å²) in [6, 6.07) is 10.1. The molecule has 2 fully saturated rings. The maximum atomic E-state index is 3.74. The number of benzene rings is 1. The van der Waals surface area contributed by atoms with Crippen molar-refractivity contribution in [2.24, 2.45) is 0 Å². The summed E-state index contributed by atoms with van der Waals surface area (Å²) in [6.45, 7) is 1.05. The van der Waals surface area contributed by atoms with Gasteiger partial charge in [-0.3, -0.25) is 0 Å². The highest BCUT2D eigenvalue weighted by Crippen LogP contribution is 2.39. The highest BCUT2D eigenvalue weighted by Gasteiger charge is 2.22. The fourth-order valence-corrected chi connectivity index (χ4v) is 3.07. The first-order valence-corrected chi connectivity index (χ1v) is 7.74. The molecule has 0 radical (unpaired) electrons. The second-order valence-electron chi connectivity index (χ2n) is 6.09. The standard InChI is InChI=1S/C17H25N/c1-2-4-6-17(5-3-1)18-13-14-7-9-15(10-8-14)16-11-12-16/h7-10,16-18H,1-6,11-13H2. The molecule has 1 aromatic carbocycles. The van der Waals surface area contributed by atoms with Crippen LogP contribution in [0.2, 0.25) is 0 Å². The molecule has 0 unspecified atom stereocenters. The Balaban J connectivity index is 1.49. The lowest BCUT2D eigenvalue weighted by atomic mass is 10.1. The smallest absolute Gasteiger partial charge is 0.0208 e. The van der Waals surface area contributed by atoms with Crippen LogP contribution in [0.5, 0.6) is 0 Å². The molecule has 0 aromatic heterocycles. The number of nitrogens with one attached hydrogen (secondary N) is 1. The summed E-state index contributed by atoms with van der Waals surface area (Å²) in [4.78, 5) is 0. The quantitative estimate of drug-likeness (QED) is 0.774. The molecule has 0 spiro atoms. The third kappa shape index (κ3) is 3.35. The van der Waals surface area contributed by atoms with Gasteiger partial charge in [0.05, 0.1) is 0 Å². The van der Waals surface area contributed by atoms with Gasteiger partial charge in [0.25, 0.3) is 0 Å². The summed E-state index contributed by atoms with van der Waals surface area (Å²) >= 11 is 0. The molecule has 0 atom stereocenters. The molecule has 0 bridgehead atoms. The van der Waals surface area contributed by atoms with E-state index in [2.05, 4.69) is 29.6 Å². The maximum Gasteiger partial charge on any atom is 0.0208 e. The average molecular weight is 243 g/mol. The Kier molecular flexibility index (Phi) is 3.99. The van der Waals surface area contributed by atoms with Crippen molar-refractivity contribution >= 4 is 0 Å². The summed E-state index contributed by atoms with van der Waals surface area (Å²) in [7, 11) is 0. The maximum absolute atomic E-state index is 3.74. The molecule has 1 nitrogen and oxygen atoms in total. The Morgan fingerprint density at radius 2 is 1.50 bits per heavy atom. The van der Waals surface area contributed by atoms with Crippen LogP contribution in [0.15, 0.2) is 24.3 Å². The Morgan fingerprint density at radius 1 is 0.833 bits per heavy atom. The molecule has 18 heavy (non-hydrogen) atoms. The molecule has 2 aliphatic carbocycles. The minimum Gasteiger partial charge on any atom is -0.310 e. The Hall–Kier alpha value is -0.820. The third-order valence-electron chi connectivity index (χ3n) is 4.48. The lowest BCUT2D eigenvalue weighted by molar-refractivity contribution is 0.459. The van der Waals surface area contributed by atoms with Crippen molar-refractivity contribution in [3.05, 3.63) is 35.4 Å². The van der Waals surface area contributed by atoms with Crippen LogP contribution in [-0.2, 0) is 6.54 Å². The van der Waals surface area contributed by atoms with E-state index in [9.17, 15) is 0 Å². The zero-order chi connectivity index (χ0) is 12.2. The molecular weight excluding hydrogens is 218 g/mol. The first-order valence-electron chi connectivity index (χ1n) is 7.74. The molecule has 98 valence electrons. The first-order chi connectivity index (χ1) is 8.92. The largest absolute Gasteiger partial charge is 0.310 e. The van der Waals surface area contributed by atoms with Crippen LogP contribution >= 0.6 is 0 Å². The number of hydrogen-bond acceptors (Lipinski definition) is 1. The molecular formula is C17H25N. The van der Waals surface area contributed by atoms with Crippen LogP contribution in [0.1, 0.15) is 68.4 Å². The average Bonchev–Trinajstić information content (AvgIpc) is 3.24. The Morgan fingerprint density at radius 3 is 2.11 bits per heavy atom. The molecule has 1 aromatic rings. The van der Waals surface area contributed by atoms with E-state index < -0.39 is 0 Å². The number of rotatable bonds is 4. The third-order valence-corrected chi connectivity index (χ3v) is 4.48. The van der Waals surface area contributed by atoms with Gasteiger partial charge in [0, 0.05) is 12.6 Å². The molecule has 2 saturated carbocycles. The molecule has 0 aliphatic heterocycles. The van der Waals surface area contributed by atoms with Gasteiger partial charge in [-0.25, -0.2) is 0 Å². The summed E-state index contributed by atoms with van der Waals surface area (Å²) in [6.07, 6.45) is 11.3. The van der Waals surface area contributed by atoms with Gasteiger partial charge < -0.3 is 5.32 Å². The van der Waals surface area contributed by atoms with Crippen molar-refractivity contribution in [2.75, 3.05) is 0 Å². The zero-order valence-corrected chi connectivity index (χ0v) is 11.3. The molecule has 0 amide bonds. The molecule has 1 heteroatoms. The topological polar surface area (TPSA) is 12.0 Å². The zero-order valence-electron chi connectivity index (χ0n) is 11.3. The van der Waals surface area contributed by atoms with E-state index in [-0.39, 0.29) is 0 Å². The molecule has 2 aliphatic rings. The van der Waals surface area contributed by atoms with Crippen molar-refractivity contribution in [3.8, 4) is 0 Å². The second-order valence-corrected chi connectivity index (χ2v) is 6.09. The fourth-order valence-electron chi connectivity index (χ4n) is 3.07. The van der Waals surface area contributed by atoms with Crippen LogP contribution < -0.4 is 5.32 Å². The SMILES string of the molecule is c1cc(C2CC2)ccc1CNC1CCCCCC1. The van der Waals surface area contributed by atoms with Crippen molar-refractivity contribution in [2.45, 2.75) is 69.9 Å². The molecule has 3 rings (SSSR count). The van der Waals surface area contributed by atoms with Gasteiger partial charge in [-0.2, -0.15) is 0 Å². The van der Waals surface area contributed by atoms with Crippen molar-refractivity contribution in [1.82, 2.24) is 5.32 Å². The van der Waals surface area contributed by atoms with Crippen LogP contribution in [0.25, 0.3) is 0 Å². The van der Waals surface area contributed by atoms with E-state index in [0.29, 0.717) is 0 Å². The van der Waals surface area contributed by atoms with Gasteiger partial charge in [0.15, 0.2) is 0 Å². The van der Waals surface area contributed by atoms with E-state index in [1.807, 2.05) is 0 Å². The predicted octanol–water partition coefficient (Wildman–Crippen LogP) is 4.38. The van der Waals surface area contributed by atoms with Crippen LogP contribution in [-0.4, -0.2) is 6.04 Å². The van der Waals surface area contributed by atoms with Gasteiger partial charge >= 0.3 is 0 Å². The highest BCUT2D eigenvalue weighted by molar-refractivity contribution is 5.27. The van der Waals surface area contributed by atoms with Gasteiger partial charge in [-0.05, 0) is 42.7 Å². The summed E-state index contributed by atoms with van der Waals surface area (Å²) < 4.78 is 0. The number of hydrogen-bond donors (Lipinski definition) is 1. The van der Waals surface area contributed by atoms with Crippen LogP contribution in [0, 0.1) is 0 Å². The first kappa shape index (κ1) is 12.2. The lowest BCUT2D eigenvalue weighted by Gasteiger charge is -2.16. The van der Waals surface area contributed by atoms with Crippen LogP contribution in [0.4, 0.5) is 0 Å². The van der Waals surface area contributed by atoms with Crippen molar-refractivity contribution in [1.29, 1.82) is 0 Å². The summed E-state index contributed by atoms with van der Waals surface area (Å²) in [5, 5.41) is 3.74. The fraction of sp³-hybridized carbons (Fsp3) is 0.647.